The van der Waals surface area contributed by atoms with Crippen molar-refractivity contribution in [1.29, 1.82) is 0 Å². The Morgan fingerprint density at radius 3 is 1.83 bits per heavy atom. The van der Waals surface area contributed by atoms with Gasteiger partial charge in [0, 0.05) is 18.3 Å². The third-order valence-electron chi connectivity index (χ3n) is 20.2. The molecule has 0 aromatic rings. The standard InChI is InChI=1S/C53H88O22/c1-23(2)10-9-14-53(67,22-69-45-40(64)38(62)35(59)28(19-54)71-45)25-11-16-52(8)33(25)26(56)18-31-50(6)15-13-32(49(4,5)30(50)12-17-51(31,52)7)73-48-44(75-46-41(65)37(61)34(58)24(3)70-46)43(27(57)21-68-48)74-47-42(66)39(63)36(60)29(20-55)72-47/h10,24-25,27-48,54-55,57-67H,9,11-22H2,1-8H3/t24-,25-,27-,28+,29+,30-,31+,32-,33-,34-,35+,36+,37+,38-,39-,40+,41+,42+,43-,44+,45+,46-,47-,48-,50-,51+,52+,53+/m0/s1. The maximum absolute atomic E-state index is 15.2. The summed E-state index contributed by atoms with van der Waals surface area (Å²) in [6.45, 7) is 14.3. The number of rotatable bonds is 15. The van der Waals surface area contributed by atoms with Gasteiger partial charge in [0.25, 0.3) is 0 Å². The second kappa shape index (κ2) is 22.5. The van der Waals surface area contributed by atoms with E-state index in [0.717, 1.165) is 18.4 Å². The van der Waals surface area contributed by atoms with Crippen LogP contribution < -0.4 is 0 Å². The van der Waals surface area contributed by atoms with Crippen molar-refractivity contribution in [2.24, 2.45) is 45.3 Å². The van der Waals surface area contributed by atoms with E-state index >= 15 is 4.79 Å². The number of carbonyl (C=O) groups excluding carboxylic acids is 1. The van der Waals surface area contributed by atoms with Crippen LogP contribution in [0.5, 0.6) is 0 Å². The fourth-order valence-corrected chi connectivity index (χ4v) is 15.6. The molecule has 8 fully saturated rings. The molecule has 0 aromatic carbocycles. The second-order valence-electron chi connectivity index (χ2n) is 25.0. The number of aliphatic hydroxyl groups is 13. The zero-order valence-corrected chi connectivity index (χ0v) is 44.6. The number of ketones is 1. The van der Waals surface area contributed by atoms with Crippen LogP contribution in [-0.4, -0.2) is 227 Å². The summed E-state index contributed by atoms with van der Waals surface area (Å²) in [5, 5.41) is 140. The Labute approximate surface area is 438 Å². The first kappa shape index (κ1) is 59.7. The van der Waals surface area contributed by atoms with Gasteiger partial charge in [-0.3, -0.25) is 4.79 Å². The van der Waals surface area contributed by atoms with Crippen molar-refractivity contribution in [2.75, 3.05) is 26.4 Å². The summed E-state index contributed by atoms with van der Waals surface area (Å²) in [6, 6.07) is 0. The molecule has 13 N–H and O–H groups in total. The van der Waals surface area contributed by atoms with Gasteiger partial charge < -0.3 is 104 Å². The summed E-state index contributed by atoms with van der Waals surface area (Å²) >= 11 is 0. The lowest BCUT2D eigenvalue weighted by atomic mass is 9.35. The fourth-order valence-electron chi connectivity index (χ4n) is 15.6. The smallest absolute Gasteiger partial charge is 0.187 e. The van der Waals surface area contributed by atoms with E-state index in [2.05, 4.69) is 34.6 Å². The minimum atomic E-state index is -1.85. The van der Waals surface area contributed by atoms with Crippen LogP contribution in [0.1, 0.15) is 113 Å². The molecule has 75 heavy (non-hydrogen) atoms. The van der Waals surface area contributed by atoms with E-state index in [-0.39, 0.29) is 54.5 Å². The van der Waals surface area contributed by atoms with Gasteiger partial charge in [-0.1, -0.05) is 46.3 Å². The number of fused-ring (bicyclic) bond motifs is 5. The van der Waals surface area contributed by atoms with Crippen LogP contribution in [0.15, 0.2) is 11.6 Å². The topological polar surface area (TPSA) is 354 Å². The number of hydrogen-bond acceptors (Lipinski definition) is 22. The highest BCUT2D eigenvalue weighted by molar-refractivity contribution is 5.84. The number of allylic oxidation sites excluding steroid dienone is 2. The molecule has 4 aliphatic heterocycles. The molecular formula is C53H88O22. The van der Waals surface area contributed by atoms with Crippen molar-refractivity contribution >= 4 is 5.78 Å². The molecule has 4 saturated heterocycles. The van der Waals surface area contributed by atoms with Gasteiger partial charge in [-0.25, -0.2) is 0 Å². The normalized spacial score (nSPS) is 51.8. The summed E-state index contributed by atoms with van der Waals surface area (Å²) in [4.78, 5) is 15.2. The molecule has 22 nitrogen and oxygen atoms in total. The lowest BCUT2D eigenvalue weighted by Gasteiger charge is -2.69. The van der Waals surface area contributed by atoms with Gasteiger partial charge in [-0.05, 0) is 106 Å². The van der Waals surface area contributed by atoms with Crippen LogP contribution in [0.25, 0.3) is 0 Å². The fraction of sp³-hybridized carbons (Fsp3) is 0.943. The van der Waals surface area contributed by atoms with Crippen molar-refractivity contribution in [3.8, 4) is 0 Å². The molecule has 4 saturated carbocycles. The summed E-state index contributed by atoms with van der Waals surface area (Å²) in [7, 11) is 0. The molecule has 4 heterocycles. The highest BCUT2D eigenvalue weighted by atomic mass is 16.8. The van der Waals surface area contributed by atoms with Gasteiger partial charge in [0.1, 0.15) is 91.2 Å². The van der Waals surface area contributed by atoms with E-state index < -0.39 is 164 Å². The molecule has 22 heteroatoms. The van der Waals surface area contributed by atoms with Gasteiger partial charge in [0.2, 0.25) is 0 Å². The molecule has 28 atom stereocenters. The molecular weight excluding hydrogens is 989 g/mol. The van der Waals surface area contributed by atoms with Gasteiger partial charge in [-0.15, -0.1) is 0 Å². The SMILES string of the molecule is CC(C)=CCC[C@@](O)(CO[C@@H]1O[C@H](CO)[C@@H](O)[C@H](O)[C@H]1O)[C@H]1CC[C@]2(C)[C@@H]1C(=O)C[C@@H]1[C@@]3(C)CC[C@H](O[C@@H]4OC[C@H](O)[C@H](O[C@@H]5O[C@H](CO)[C@@H](O)[C@H](O)[C@H]5O)[C@H]4O[C@@H]4O[C@@H](C)[C@H](O)[C@@H](O)[C@H]4O)C(C)(C)[C@@H]3CC[C@]12C. The van der Waals surface area contributed by atoms with Crippen LogP contribution >= 0.6 is 0 Å². The van der Waals surface area contributed by atoms with E-state index in [0.29, 0.717) is 32.1 Å². The molecule has 0 radical (unpaired) electrons. The van der Waals surface area contributed by atoms with Crippen LogP contribution in [0.3, 0.4) is 0 Å². The van der Waals surface area contributed by atoms with E-state index in [1.807, 2.05) is 19.9 Å². The summed E-state index contributed by atoms with van der Waals surface area (Å²) < 4.78 is 48.9. The largest absolute Gasteiger partial charge is 0.394 e. The average Bonchev–Trinajstić information content (AvgIpc) is 3.75. The zero-order chi connectivity index (χ0) is 55.1. The summed E-state index contributed by atoms with van der Waals surface area (Å²) in [5.74, 6) is -1.07. The molecule has 8 aliphatic rings. The van der Waals surface area contributed by atoms with Crippen molar-refractivity contribution < 1.29 is 109 Å². The van der Waals surface area contributed by atoms with E-state index in [1.165, 1.54) is 6.92 Å². The maximum atomic E-state index is 15.2. The molecule has 0 aromatic heterocycles. The van der Waals surface area contributed by atoms with Crippen molar-refractivity contribution in [2.45, 2.75) is 242 Å². The predicted octanol–water partition coefficient (Wildman–Crippen LogP) is -1.36. The number of Topliss-reactive ketones (excluding diaryl/α,β-unsaturated/α-hetero) is 1. The highest BCUT2D eigenvalue weighted by Crippen LogP contribution is 2.75. The zero-order valence-electron chi connectivity index (χ0n) is 44.6. The molecule has 8 rings (SSSR count). The number of aliphatic hydroxyl groups excluding tert-OH is 12. The number of ether oxygens (including phenoxy) is 8. The molecule has 0 spiro atoms. The lowest BCUT2D eigenvalue weighted by Crippen LogP contribution is -2.67. The van der Waals surface area contributed by atoms with Crippen LogP contribution in [0.2, 0.25) is 0 Å². The van der Waals surface area contributed by atoms with Gasteiger partial charge in [0.15, 0.2) is 25.2 Å². The highest BCUT2D eigenvalue weighted by Gasteiger charge is 2.72. The van der Waals surface area contributed by atoms with Crippen molar-refractivity contribution in [3.05, 3.63) is 11.6 Å². The summed E-state index contributed by atoms with van der Waals surface area (Å²) in [5.41, 5.74) is -2.40. The number of hydrogen-bond donors (Lipinski definition) is 13. The van der Waals surface area contributed by atoms with Crippen LogP contribution in [-0.2, 0) is 42.7 Å². The monoisotopic (exact) mass is 1080 g/mol. The molecule has 0 bridgehead atoms. The van der Waals surface area contributed by atoms with E-state index in [1.54, 1.807) is 0 Å². The molecule has 0 unspecified atom stereocenters. The third-order valence-corrected chi connectivity index (χ3v) is 20.2. The Morgan fingerprint density at radius 2 is 1.21 bits per heavy atom. The second-order valence-corrected chi connectivity index (χ2v) is 25.0. The minimum absolute atomic E-state index is 0.00406. The van der Waals surface area contributed by atoms with Gasteiger partial charge in [0.05, 0.1) is 44.2 Å². The third kappa shape index (κ3) is 10.5. The minimum Gasteiger partial charge on any atom is -0.394 e. The van der Waals surface area contributed by atoms with Crippen molar-refractivity contribution in [3.63, 3.8) is 0 Å². The first-order valence-electron chi connectivity index (χ1n) is 27.2. The van der Waals surface area contributed by atoms with Gasteiger partial charge >= 0.3 is 0 Å². The maximum Gasteiger partial charge on any atom is 0.187 e. The van der Waals surface area contributed by atoms with E-state index in [9.17, 15) is 66.4 Å². The Hall–Kier alpha value is -1.43. The Balaban J connectivity index is 1.03. The van der Waals surface area contributed by atoms with Crippen molar-refractivity contribution in [1.82, 2.24) is 0 Å². The predicted molar refractivity (Wildman–Crippen MR) is 259 cm³/mol. The quantitative estimate of drug-likeness (QED) is 0.0666. The van der Waals surface area contributed by atoms with Crippen LogP contribution in [0, 0.1) is 45.3 Å². The Morgan fingerprint density at radius 1 is 0.653 bits per heavy atom. The average molecular weight is 1080 g/mol. The molecule has 4 aliphatic carbocycles. The lowest BCUT2D eigenvalue weighted by molar-refractivity contribution is -0.388. The van der Waals surface area contributed by atoms with E-state index in [4.69, 9.17) is 37.9 Å². The Bertz CT molecular complexity index is 1990. The molecule has 0 amide bonds. The van der Waals surface area contributed by atoms with Crippen LogP contribution in [0.4, 0.5) is 0 Å². The summed E-state index contributed by atoms with van der Waals surface area (Å²) in [6.07, 6.45) is -23.1. The first-order valence-corrected chi connectivity index (χ1v) is 27.2. The Kier molecular flexibility index (Phi) is 17.9. The molecule has 432 valence electrons. The first-order chi connectivity index (χ1) is 35.1. The number of carbonyl (C=O) groups is 1. The van der Waals surface area contributed by atoms with Gasteiger partial charge in [-0.2, -0.15) is 0 Å².